The van der Waals surface area contributed by atoms with Crippen LogP contribution in [0.15, 0.2) is 79.3 Å². The highest BCUT2D eigenvalue weighted by atomic mass is 16.2. The summed E-state index contributed by atoms with van der Waals surface area (Å²) in [6.07, 6.45) is 5.64. The number of amides is 1. The van der Waals surface area contributed by atoms with Crippen LogP contribution < -0.4 is 0 Å². The molecule has 1 fully saturated rings. The van der Waals surface area contributed by atoms with E-state index in [1.54, 1.807) is 17.2 Å². The predicted octanol–water partition coefficient (Wildman–Crippen LogP) is 2.52. The third kappa shape index (κ3) is 4.23. The summed E-state index contributed by atoms with van der Waals surface area (Å²) >= 11 is 0. The molecule has 0 radical (unpaired) electrons. The van der Waals surface area contributed by atoms with Gasteiger partial charge in [-0.2, -0.15) is 15.0 Å². The summed E-state index contributed by atoms with van der Waals surface area (Å²) in [6.45, 7) is 1.79. The number of hydrogen-bond acceptors (Lipinski definition) is 5. The molecule has 4 aromatic rings. The molecule has 1 aliphatic heterocycles. The molecule has 0 atom stereocenters. The molecule has 1 saturated heterocycles. The highest BCUT2D eigenvalue weighted by Crippen LogP contribution is 2.30. The molecule has 0 spiro atoms. The van der Waals surface area contributed by atoms with E-state index in [0.717, 1.165) is 16.8 Å². The molecule has 0 N–H and O–H groups in total. The fourth-order valence-corrected chi connectivity index (χ4v) is 3.96. The van der Waals surface area contributed by atoms with Gasteiger partial charge in [0.25, 0.3) is 0 Å². The lowest BCUT2D eigenvalue weighted by Crippen LogP contribution is -2.51. The zero-order valence-electron chi connectivity index (χ0n) is 17.0. The Morgan fingerprint density at radius 2 is 1.55 bits per heavy atom. The minimum Gasteiger partial charge on any atom is -0.338 e. The Bertz CT molecular complexity index is 1080. The standard InChI is InChI=1S/C23H23N7O/c31-23(13-22(18-7-3-1-4-8-18)19-9-5-2-6-10-19)28-16-21(17-28)29-14-20(26-27-29)15-30-24-11-12-25-30/h1-12,14,21-22H,13,15-17H2. The van der Waals surface area contributed by atoms with E-state index >= 15 is 0 Å². The van der Waals surface area contributed by atoms with Crippen molar-refractivity contribution in [2.24, 2.45) is 0 Å². The third-order valence-electron chi connectivity index (χ3n) is 5.70. The topological polar surface area (TPSA) is 81.7 Å². The monoisotopic (exact) mass is 413 g/mol. The van der Waals surface area contributed by atoms with Gasteiger partial charge >= 0.3 is 0 Å². The molecule has 8 nitrogen and oxygen atoms in total. The van der Waals surface area contributed by atoms with E-state index in [0.29, 0.717) is 26.1 Å². The zero-order valence-corrected chi connectivity index (χ0v) is 17.0. The molecule has 2 aromatic carbocycles. The number of likely N-dealkylation sites (tertiary alicyclic amines) is 1. The zero-order chi connectivity index (χ0) is 21.0. The lowest BCUT2D eigenvalue weighted by Gasteiger charge is -2.39. The Morgan fingerprint density at radius 3 is 2.16 bits per heavy atom. The number of hydrogen-bond donors (Lipinski definition) is 0. The Morgan fingerprint density at radius 1 is 0.935 bits per heavy atom. The van der Waals surface area contributed by atoms with Gasteiger partial charge in [-0.1, -0.05) is 65.9 Å². The Balaban J connectivity index is 1.22. The normalized spacial score (nSPS) is 14.0. The van der Waals surface area contributed by atoms with E-state index in [-0.39, 0.29) is 17.9 Å². The molecule has 0 saturated carbocycles. The minimum absolute atomic E-state index is 0.0495. The Hall–Kier alpha value is -3.81. The summed E-state index contributed by atoms with van der Waals surface area (Å²) in [6, 6.07) is 20.6. The van der Waals surface area contributed by atoms with Crippen LogP contribution in [0.2, 0.25) is 0 Å². The van der Waals surface area contributed by atoms with Crippen LogP contribution in [-0.4, -0.2) is 53.9 Å². The van der Waals surface area contributed by atoms with Crippen LogP contribution >= 0.6 is 0 Å². The van der Waals surface area contributed by atoms with Crippen molar-refractivity contribution >= 4 is 5.91 Å². The van der Waals surface area contributed by atoms with Crippen molar-refractivity contribution in [2.75, 3.05) is 13.1 Å². The van der Waals surface area contributed by atoms with Crippen molar-refractivity contribution in [2.45, 2.75) is 24.9 Å². The van der Waals surface area contributed by atoms with Crippen LogP contribution in [0.1, 0.15) is 35.2 Å². The van der Waals surface area contributed by atoms with Gasteiger partial charge in [-0.25, -0.2) is 4.68 Å². The third-order valence-corrected chi connectivity index (χ3v) is 5.70. The lowest BCUT2D eigenvalue weighted by molar-refractivity contribution is -0.137. The Kier molecular flexibility index (Phi) is 5.26. The number of aromatic nitrogens is 6. The highest BCUT2D eigenvalue weighted by Gasteiger charge is 2.34. The van der Waals surface area contributed by atoms with Gasteiger partial charge in [0.1, 0.15) is 12.2 Å². The molecule has 0 bridgehead atoms. The predicted molar refractivity (Wildman–Crippen MR) is 114 cm³/mol. The molecule has 31 heavy (non-hydrogen) atoms. The van der Waals surface area contributed by atoms with Crippen LogP contribution in [0.25, 0.3) is 0 Å². The smallest absolute Gasteiger partial charge is 0.223 e. The van der Waals surface area contributed by atoms with Gasteiger partial charge in [0.15, 0.2) is 0 Å². The second-order valence-electron chi connectivity index (χ2n) is 7.78. The van der Waals surface area contributed by atoms with Crippen molar-refractivity contribution in [3.63, 3.8) is 0 Å². The number of nitrogens with zero attached hydrogens (tertiary/aromatic N) is 7. The maximum absolute atomic E-state index is 13.0. The van der Waals surface area contributed by atoms with Crippen LogP contribution in [-0.2, 0) is 11.3 Å². The van der Waals surface area contributed by atoms with Crippen LogP contribution in [0.5, 0.6) is 0 Å². The van der Waals surface area contributed by atoms with Gasteiger partial charge in [0, 0.05) is 25.4 Å². The van der Waals surface area contributed by atoms with Gasteiger partial charge in [-0.15, -0.1) is 5.10 Å². The number of rotatable bonds is 7. The first-order chi connectivity index (χ1) is 15.3. The lowest BCUT2D eigenvalue weighted by atomic mass is 9.87. The van der Waals surface area contributed by atoms with E-state index in [1.807, 2.05) is 52.2 Å². The largest absolute Gasteiger partial charge is 0.338 e. The average Bonchev–Trinajstić information content (AvgIpc) is 3.45. The van der Waals surface area contributed by atoms with Gasteiger partial charge < -0.3 is 4.90 Å². The quantitative estimate of drug-likeness (QED) is 0.465. The number of benzene rings is 2. The van der Waals surface area contributed by atoms with E-state index < -0.39 is 0 Å². The number of carbonyl (C=O) groups is 1. The van der Waals surface area contributed by atoms with Crippen molar-refractivity contribution < 1.29 is 4.79 Å². The average molecular weight is 413 g/mol. The van der Waals surface area contributed by atoms with E-state index in [4.69, 9.17) is 0 Å². The first kappa shape index (κ1) is 19.2. The molecule has 5 rings (SSSR count). The van der Waals surface area contributed by atoms with E-state index in [1.165, 1.54) is 0 Å². The molecule has 3 heterocycles. The second-order valence-corrected chi connectivity index (χ2v) is 7.78. The van der Waals surface area contributed by atoms with Gasteiger partial charge in [-0.3, -0.25) is 4.79 Å². The molecule has 0 aliphatic carbocycles. The van der Waals surface area contributed by atoms with Crippen LogP contribution in [0.3, 0.4) is 0 Å². The van der Waals surface area contributed by atoms with Crippen molar-refractivity contribution in [3.8, 4) is 0 Å². The van der Waals surface area contributed by atoms with E-state index in [2.05, 4.69) is 44.8 Å². The maximum Gasteiger partial charge on any atom is 0.223 e. The summed E-state index contributed by atoms with van der Waals surface area (Å²) in [5.74, 6) is 0.212. The molecular weight excluding hydrogens is 390 g/mol. The fraction of sp³-hybridized carbons (Fsp3) is 0.261. The molecule has 1 amide bonds. The maximum atomic E-state index is 13.0. The summed E-state index contributed by atoms with van der Waals surface area (Å²) in [5.41, 5.74) is 3.12. The number of carbonyl (C=O) groups excluding carboxylic acids is 1. The summed E-state index contributed by atoms with van der Waals surface area (Å²) < 4.78 is 1.84. The fourth-order valence-electron chi connectivity index (χ4n) is 3.96. The van der Waals surface area contributed by atoms with E-state index in [9.17, 15) is 4.79 Å². The van der Waals surface area contributed by atoms with Gasteiger partial charge in [0.2, 0.25) is 5.91 Å². The summed E-state index contributed by atoms with van der Waals surface area (Å²) in [7, 11) is 0. The molecular formula is C23H23N7O. The van der Waals surface area contributed by atoms with Crippen molar-refractivity contribution in [3.05, 3.63) is 96.1 Å². The summed E-state index contributed by atoms with van der Waals surface area (Å²) in [5, 5.41) is 16.6. The van der Waals surface area contributed by atoms with Gasteiger partial charge in [-0.05, 0) is 11.1 Å². The van der Waals surface area contributed by atoms with Crippen LogP contribution in [0.4, 0.5) is 0 Å². The molecule has 8 heteroatoms. The summed E-state index contributed by atoms with van der Waals surface area (Å²) in [4.78, 5) is 16.5. The first-order valence-electron chi connectivity index (χ1n) is 10.4. The van der Waals surface area contributed by atoms with Crippen LogP contribution in [0, 0.1) is 0 Å². The minimum atomic E-state index is 0.0495. The molecule has 156 valence electrons. The molecule has 2 aromatic heterocycles. The van der Waals surface area contributed by atoms with Crippen molar-refractivity contribution in [1.82, 2.24) is 34.9 Å². The SMILES string of the molecule is O=C(CC(c1ccccc1)c1ccccc1)N1CC(n2cc(Cn3nccn3)nn2)C1. The molecule has 0 unspecified atom stereocenters. The Labute approximate surface area is 180 Å². The first-order valence-corrected chi connectivity index (χ1v) is 10.4. The highest BCUT2D eigenvalue weighted by molar-refractivity contribution is 5.78. The molecule has 1 aliphatic rings. The van der Waals surface area contributed by atoms with Gasteiger partial charge in [0.05, 0.1) is 24.6 Å². The van der Waals surface area contributed by atoms with Crippen molar-refractivity contribution in [1.29, 1.82) is 0 Å². The second kappa shape index (κ2) is 8.51.